The fraction of sp³-hybridized carbons (Fsp3) is 0.211. The maximum atomic E-state index is 13.1. The van der Waals surface area contributed by atoms with Crippen molar-refractivity contribution >= 4 is 5.91 Å². The van der Waals surface area contributed by atoms with Crippen LogP contribution in [0, 0.1) is 5.82 Å². The number of nitrogens with one attached hydrogen (secondary N) is 2. The molecule has 0 saturated heterocycles. The Bertz CT molecular complexity index is 867. The summed E-state index contributed by atoms with van der Waals surface area (Å²) in [6, 6.07) is 11.1. The Morgan fingerprint density at radius 1 is 1.31 bits per heavy atom. The molecule has 6 nitrogen and oxygen atoms in total. The van der Waals surface area contributed by atoms with Gasteiger partial charge in [0.15, 0.2) is 0 Å². The van der Waals surface area contributed by atoms with E-state index >= 15 is 0 Å². The minimum atomic E-state index is -0.367. The normalized spacial score (nSPS) is 11.8. The van der Waals surface area contributed by atoms with Crippen molar-refractivity contribution in [3.8, 4) is 5.75 Å². The van der Waals surface area contributed by atoms with Gasteiger partial charge in [0.1, 0.15) is 23.9 Å². The van der Waals surface area contributed by atoms with E-state index in [9.17, 15) is 9.18 Å². The number of ether oxygens (including phenoxy) is 1. The van der Waals surface area contributed by atoms with Gasteiger partial charge in [-0.1, -0.05) is 19.1 Å². The number of amides is 1. The third-order valence-corrected chi connectivity index (χ3v) is 3.85. The molecule has 1 aromatic carbocycles. The van der Waals surface area contributed by atoms with Gasteiger partial charge in [-0.3, -0.25) is 14.9 Å². The lowest BCUT2D eigenvalue weighted by atomic mass is 10.1. The Balaban J connectivity index is 1.60. The Morgan fingerprint density at radius 2 is 2.19 bits per heavy atom. The van der Waals surface area contributed by atoms with E-state index in [1.165, 1.54) is 12.1 Å². The second-order valence-corrected chi connectivity index (χ2v) is 5.75. The molecule has 2 heterocycles. The molecule has 26 heavy (non-hydrogen) atoms. The third-order valence-electron chi connectivity index (χ3n) is 3.85. The molecule has 0 fully saturated rings. The fourth-order valence-electron chi connectivity index (χ4n) is 2.51. The van der Waals surface area contributed by atoms with E-state index < -0.39 is 0 Å². The van der Waals surface area contributed by atoms with Crippen molar-refractivity contribution in [2.75, 3.05) is 0 Å². The van der Waals surface area contributed by atoms with Gasteiger partial charge in [-0.05, 0) is 36.2 Å². The molecule has 1 atom stereocenters. The van der Waals surface area contributed by atoms with Gasteiger partial charge in [-0.15, -0.1) is 0 Å². The maximum absolute atomic E-state index is 13.1. The summed E-state index contributed by atoms with van der Waals surface area (Å²) < 4.78 is 18.6. The molecule has 1 amide bonds. The van der Waals surface area contributed by atoms with Crippen LogP contribution in [0.5, 0.6) is 5.75 Å². The number of carbonyl (C=O) groups excluding carboxylic acids is 1. The lowest BCUT2D eigenvalue weighted by molar-refractivity contribution is 0.0930. The van der Waals surface area contributed by atoms with E-state index in [2.05, 4.69) is 20.5 Å². The van der Waals surface area contributed by atoms with Crippen molar-refractivity contribution in [1.29, 1.82) is 0 Å². The second-order valence-electron chi connectivity index (χ2n) is 5.75. The zero-order chi connectivity index (χ0) is 18.4. The molecule has 134 valence electrons. The lowest BCUT2D eigenvalue weighted by Gasteiger charge is -2.16. The topological polar surface area (TPSA) is 79.9 Å². The van der Waals surface area contributed by atoms with E-state index in [0.29, 0.717) is 11.4 Å². The second kappa shape index (κ2) is 8.24. The van der Waals surface area contributed by atoms with Crippen LogP contribution >= 0.6 is 0 Å². The van der Waals surface area contributed by atoms with E-state index in [1.807, 2.05) is 19.1 Å². The van der Waals surface area contributed by atoms with Crippen molar-refractivity contribution in [3.63, 3.8) is 0 Å². The van der Waals surface area contributed by atoms with Crippen LogP contribution in [0.3, 0.4) is 0 Å². The van der Waals surface area contributed by atoms with E-state index in [4.69, 9.17) is 4.74 Å². The van der Waals surface area contributed by atoms with Gasteiger partial charge in [-0.2, -0.15) is 5.10 Å². The number of halogens is 1. The van der Waals surface area contributed by atoms with Gasteiger partial charge < -0.3 is 10.1 Å². The summed E-state index contributed by atoms with van der Waals surface area (Å²) in [6.45, 7) is 2.14. The Morgan fingerprint density at radius 3 is 2.92 bits per heavy atom. The highest BCUT2D eigenvalue weighted by Crippen LogP contribution is 2.16. The van der Waals surface area contributed by atoms with Crippen LogP contribution in [0.1, 0.15) is 41.1 Å². The first-order valence-corrected chi connectivity index (χ1v) is 8.29. The van der Waals surface area contributed by atoms with E-state index in [0.717, 1.165) is 12.0 Å². The largest absolute Gasteiger partial charge is 0.487 e. The standard InChI is InChI=1S/C19H19FN4O2/c1-2-17(13-5-4-8-21-11-13)22-19(25)18-10-15(23-24-18)12-26-16-7-3-6-14(20)9-16/h3-11,17H,2,12H2,1H3,(H,22,25)(H,23,24). The predicted molar refractivity (Wildman–Crippen MR) is 94.1 cm³/mol. The predicted octanol–water partition coefficient (Wildman–Crippen LogP) is 3.40. The molecule has 1 unspecified atom stereocenters. The molecule has 0 saturated carbocycles. The first-order chi connectivity index (χ1) is 12.7. The highest BCUT2D eigenvalue weighted by atomic mass is 19.1. The highest BCUT2D eigenvalue weighted by Gasteiger charge is 2.16. The van der Waals surface area contributed by atoms with Crippen molar-refractivity contribution in [2.24, 2.45) is 0 Å². The van der Waals surface area contributed by atoms with Crippen molar-refractivity contribution in [2.45, 2.75) is 26.0 Å². The molecule has 0 spiro atoms. The number of nitrogens with zero attached hydrogens (tertiary/aromatic N) is 2. The van der Waals surface area contributed by atoms with Gasteiger partial charge in [0, 0.05) is 18.5 Å². The number of aromatic amines is 1. The number of hydrogen-bond donors (Lipinski definition) is 2. The molecular weight excluding hydrogens is 335 g/mol. The smallest absolute Gasteiger partial charge is 0.272 e. The van der Waals surface area contributed by atoms with Crippen LogP contribution in [-0.4, -0.2) is 21.1 Å². The van der Waals surface area contributed by atoms with Crippen LogP contribution in [-0.2, 0) is 6.61 Å². The van der Waals surface area contributed by atoms with Crippen LogP contribution in [0.15, 0.2) is 54.9 Å². The van der Waals surface area contributed by atoms with Crippen LogP contribution in [0.2, 0.25) is 0 Å². The van der Waals surface area contributed by atoms with Crippen molar-refractivity contribution in [3.05, 3.63) is 77.6 Å². The van der Waals surface area contributed by atoms with Crippen LogP contribution < -0.4 is 10.1 Å². The quantitative estimate of drug-likeness (QED) is 0.681. The summed E-state index contributed by atoms with van der Waals surface area (Å²) in [4.78, 5) is 16.5. The Hall–Kier alpha value is -3.22. The van der Waals surface area contributed by atoms with E-state index in [-0.39, 0.29) is 30.1 Å². The molecule has 0 aliphatic heterocycles. The number of carbonyl (C=O) groups is 1. The number of pyridine rings is 1. The zero-order valence-electron chi connectivity index (χ0n) is 14.3. The number of H-pyrrole nitrogens is 1. The third kappa shape index (κ3) is 4.44. The fourth-order valence-corrected chi connectivity index (χ4v) is 2.51. The number of rotatable bonds is 7. The lowest BCUT2D eigenvalue weighted by Crippen LogP contribution is -2.28. The minimum absolute atomic E-state index is 0.139. The summed E-state index contributed by atoms with van der Waals surface area (Å²) >= 11 is 0. The van der Waals surface area contributed by atoms with Gasteiger partial charge >= 0.3 is 0 Å². The zero-order valence-corrected chi connectivity index (χ0v) is 14.3. The Labute approximate surface area is 150 Å². The van der Waals surface area contributed by atoms with Crippen LogP contribution in [0.4, 0.5) is 4.39 Å². The first-order valence-electron chi connectivity index (χ1n) is 8.29. The molecule has 0 aliphatic carbocycles. The summed E-state index contributed by atoms with van der Waals surface area (Å²) in [6.07, 6.45) is 4.16. The van der Waals surface area contributed by atoms with Gasteiger partial charge in [0.05, 0.1) is 11.7 Å². The van der Waals surface area contributed by atoms with Gasteiger partial charge in [0.2, 0.25) is 0 Å². The first kappa shape index (κ1) is 17.6. The van der Waals surface area contributed by atoms with Gasteiger partial charge in [0.25, 0.3) is 5.91 Å². The van der Waals surface area contributed by atoms with Crippen LogP contribution in [0.25, 0.3) is 0 Å². The van der Waals surface area contributed by atoms with Crippen molar-refractivity contribution in [1.82, 2.24) is 20.5 Å². The summed E-state index contributed by atoms with van der Waals surface area (Å²) in [5, 5.41) is 9.72. The molecule has 3 aromatic rings. The molecule has 7 heteroatoms. The molecule has 0 aliphatic rings. The average Bonchev–Trinajstić information content (AvgIpc) is 3.14. The number of benzene rings is 1. The number of hydrogen-bond acceptors (Lipinski definition) is 4. The highest BCUT2D eigenvalue weighted by molar-refractivity contribution is 5.92. The monoisotopic (exact) mass is 354 g/mol. The average molecular weight is 354 g/mol. The molecule has 0 radical (unpaired) electrons. The Kier molecular flexibility index (Phi) is 5.58. The molecule has 0 bridgehead atoms. The summed E-state index contributed by atoms with van der Waals surface area (Å²) in [5.74, 6) is -0.240. The SMILES string of the molecule is CCC(NC(=O)c1cc(COc2cccc(F)c2)[nH]n1)c1cccnc1. The molecular formula is C19H19FN4O2. The molecule has 2 aromatic heterocycles. The van der Waals surface area contributed by atoms with E-state index in [1.54, 1.807) is 30.6 Å². The minimum Gasteiger partial charge on any atom is -0.487 e. The summed E-state index contributed by atoms with van der Waals surface area (Å²) in [5.41, 5.74) is 1.83. The molecule has 2 N–H and O–H groups in total. The number of aromatic nitrogens is 3. The maximum Gasteiger partial charge on any atom is 0.272 e. The summed E-state index contributed by atoms with van der Waals surface area (Å²) in [7, 11) is 0. The van der Waals surface area contributed by atoms with Crippen molar-refractivity contribution < 1.29 is 13.9 Å². The molecule has 3 rings (SSSR count). The van der Waals surface area contributed by atoms with Gasteiger partial charge in [-0.25, -0.2) is 4.39 Å².